The molecule has 4 heteroatoms. The first-order valence-electron chi connectivity index (χ1n) is 8.31. The Morgan fingerprint density at radius 2 is 2.32 bits per heavy atom. The zero-order valence-corrected chi connectivity index (χ0v) is 13.8. The van der Waals surface area contributed by atoms with Crippen molar-refractivity contribution in [2.75, 3.05) is 13.6 Å². The highest BCUT2D eigenvalue weighted by molar-refractivity contribution is 5.79. The summed E-state index contributed by atoms with van der Waals surface area (Å²) in [6.07, 6.45) is 6.94. The summed E-state index contributed by atoms with van der Waals surface area (Å²) in [5, 5.41) is 0. The van der Waals surface area contributed by atoms with Crippen molar-refractivity contribution in [2.24, 2.45) is 5.92 Å². The molecule has 118 valence electrons. The van der Waals surface area contributed by atoms with E-state index < -0.39 is 0 Å². The molecule has 0 radical (unpaired) electrons. The molecule has 0 saturated heterocycles. The van der Waals surface area contributed by atoms with Gasteiger partial charge in [0.05, 0.1) is 5.69 Å². The Morgan fingerprint density at radius 1 is 1.50 bits per heavy atom. The van der Waals surface area contributed by atoms with E-state index in [-0.39, 0.29) is 5.92 Å². The lowest BCUT2D eigenvalue weighted by Gasteiger charge is -2.26. The average molecular weight is 299 g/mol. The van der Waals surface area contributed by atoms with Crippen molar-refractivity contribution in [1.29, 1.82) is 0 Å². The molecule has 1 atom stereocenters. The summed E-state index contributed by atoms with van der Waals surface area (Å²) in [4.78, 5) is 19.3. The summed E-state index contributed by atoms with van der Waals surface area (Å²) in [6, 6.07) is 4.22. The molecule has 1 unspecified atom stereocenters. The minimum Gasteiger partial charge on any atom is -0.346 e. The molecule has 2 aromatic rings. The van der Waals surface area contributed by atoms with Crippen LogP contribution in [0.15, 0.2) is 18.3 Å². The quantitative estimate of drug-likeness (QED) is 0.870. The maximum Gasteiger partial charge on any atom is 0.225 e. The number of amides is 1. The third-order valence-electron chi connectivity index (χ3n) is 4.71. The molecule has 0 N–H and O–H groups in total. The van der Waals surface area contributed by atoms with Crippen LogP contribution in [0.5, 0.6) is 0 Å². The number of unbranched alkanes of at least 4 members (excludes halogenated alkanes) is 1. The van der Waals surface area contributed by atoms with Gasteiger partial charge in [-0.3, -0.25) is 4.79 Å². The van der Waals surface area contributed by atoms with E-state index >= 15 is 0 Å². The smallest absolute Gasteiger partial charge is 0.225 e. The molecule has 0 bridgehead atoms. The topological polar surface area (TPSA) is 37.6 Å². The standard InChI is InChI=1S/C18H25N3O/c1-4-5-9-20(3)18(22)14-6-7-15-16(12-14)21-10-8-13(2)11-17(21)19-15/h8,10-11,14H,4-7,9,12H2,1-3H3. The number of hydrogen-bond donors (Lipinski definition) is 0. The van der Waals surface area contributed by atoms with Gasteiger partial charge >= 0.3 is 0 Å². The molecular formula is C18H25N3O. The summed E-state index contributed by atoms with van der Waals surface area (Å²) in [5.41, 5.74) is 4.63. The maximum absolute atomic E-state index is 12.6. The van der Waals surface area contributed by atoms with Crippen LogP contribution in [0.3, 0.4) is 0 Å². The fourth-order valence-corrected chi connectivity index (χ4v) is 3.34. The first-order valence-corrected chi connectivity index (χ1v) is 8.31. The second-order valence-electron chi connectivity index (χ2n) is 6.49. The molecular weight excluding hydrogens is 274 g/mol. The number of carbonyl (C=O) groups excluding carboxylic acids is 1. The van der Waals surface area contributed by atoms with E-state index in [0.29, 0.717) is 5.91 Å². The number of carbonyl (C=O) groups is 1. The zero-order valence-electron chi connectivity index (χ0n) is 13.8. The Kier molecular flexibility index (Phi) is 4.19. The summed E-state index contributed by atoms with van der Waals surface area (Å²) in [6.45, 7) is 5.11. The fourth-order valence-electron chi connectivity index (χ4n) is 3.34. The highest BCUT2D eigenvalue weighted by atomic mass is 16.2. The third kappa shape index (κ3) is 2.74. The van der Waals surface area contributed by atoms with Crippen LogP contribution in [0.25, 0.3) is 5.65 Å². The first-order chi connectivity index (χ1) is 10.6. The van der Waals surface area contributed by atoms with Gasteiger partial charge in [0.2, 0.25) is 5.91 Å². The lowest BCUT2D eigenvalue weighted by molar-refractivity contribution is -0.134. The highest BCUT2D eigenvalue weighted by Crippen LogP contribution is 2.27. The average Bonchev–Trinajstić information content (AvgIpc) is 2.88. The molecule has 0 saturated carbocycles. The van der Waals surface area contributed by atoms with E-state index in [1.54, 1.807) is 0 Å². The minimum absolute atomic E-state index is 0.107. The van der Waals surface area contributed by atoms with Crippen LogP contribution in [-0.4, -0.2) is 33.8 Å². The molecule has 1 aliphatic rings. The van der Waals surface area contributed by atoms with Crippen molar-refractivity contribution >= 4 is 11.6 Å². The summed E-state index contributed by atoms with van der Waals surface area (Å²) >= 11 is 0. The van der Waals surface area contributed by atoms with Crippen molar-refractivity contribution in [1.82, 2.24) is 14.3 Å². The SMILES string of the molecule is CCCCN(C)C(=O)C1CCc2nc3cc(C)ccn3c2C1. The highest BCUT2D eigenvalue weighted by Gasteiger charge is 2.29. The molecule has 0 fully saturated rings. The fraction of sp³-hybridized carbons (Fsp3) is 0.556. The van der Waals surface area contributed by atoms with Gasteiger partial charge in [0.25, 0.3) is 0 Å². The van der Waals surface area contributed by atoms with Crippen molar-refractivity contribution in [3.05, 3.63) is 35.3 Å². The van der Waals surface area contributed by atoms with Gasteiger partial charge < -0.3 is 9.30 Å². The second-order valence-corrected chi connectivity index (χ2v) is 6.49. The van der Waals surface area contributed by atoms with E-state index in [1.807, 2.05) is 11.9 Å². The van der Waals surface area contributed by atoms with Crippen LogP contribution < -0.4 is 0 Å². The van der Waals surface area contributed by atoms with Crippen LogP contribution in [0.4, 0.5) is 0 Å². The van der Waals surface area contributed by atoms with E-state index in [0.717, 1.165) is 44.3 Å². The van der Waals surface area contributed by atoms with E-state index in [4.69, 9.17) is 4.98 Å². The predicted octanol–water partition coefficient (Wildman–Crippen LogP) is 3.01. The van der Waals surface area contributed by atoms with Gasteiger partial charge in [0.1, 0.15) is 5.65 Å². The number of aryl methyl sites for hydroxylation is 2. The number of aromatic nitrogens is 2. The Morgan fingerprint density at radius 3 is 3.09 bits per heavy atom. The normalized spacial score (nSPS) is 17.5. The van der Waals surface area contributed by atoms with Crippen LogP contribution in [-0.2, 0) is 17.6 Å². The Labute approximate surface area is 132 Å². The van der Waals surface area contributed by atoms with E-state index in [2.05, 4.69) is 36.6 Å². The van der Waals surface area contributed by atoms with Crippen LogP contribution in [0.2, 0.25) is 0 Å². The van der Waals surface area contributed by atoms with Gasteiger partial charge in [-0.1, -0.05) is 13.3 Å². The number of imidazole rings is 1. The molecule has 2 aromatic heterocycles. The third-order valence-corrected chi connectivity index (χ3v) is 4.71. The van der Waals surface area contributed by atoms with Crippen molar-refractivity contribution in [3.63, 3.8) is 0 Å². The molecule has 3 rings (SSSR count). The van der Waals surface area contributed by atoms with Gasteiger partial charge in [-0.15, -0.1) is 0 Å². The zero-order chi connectivity index (χ0) is 15.7. The lowest BCUT2D eigenvalue weighted by atomic mass is 9.88. The Bertz CT molecular complexity index is 689. The van der Waals surface area contributed by atoms with Crippen LogP contribution in [0.1, 0.15) is 43.1 Å². The summed E-state index contributed by atoms with van der Waals surface area (Å²) < 4.78 is 2.16. The van der Waals surface area contributed by atoms with E-state index in [9.17, 15) is 4.79 Å². The second kappa shape index (κ2) is 6.11. The first kappa shape index (κ1) is 15.1. The lowest BCUT2D eigenvalue weighted by Crippen LogP contribution is -2.36. The number of pyridine rings is 1. The minimum atomic E-state index is 0.107. The molecule has 22 heavy (non-hydrogen) atoms. The van der Waals surface area contributed by atoms with Gasteiger partial charge in [0.15, 0.2) is 0 Å². The van der Waals surface area contributed by atoms with Crippen LogP contribution >= 0.6 is 0 Å². The number of nitrogens with zero attached hydrogens (tertiary/aromatic N) is 3. The molecule has 1 amide bonds. The molecule has 4 nitrogen and oxygen atoms in total. The summed E-state index contributed by atoms with van der Waals surface area (Å²) in [5.74, 6) is 0.400. The van der Waals surface area contributed by atoms with Crippen molar-refractivity contribution in [2.45, 2.75) is 46.0 Å². The summed E-state index contributed by atoms with van der Waals surface area (Å²) in [7, 11) is 1.94. The number of rotatable bonds is 4. The predicted molar refractivity (Wildman–Crippen MR) is 88.0 cm³/mol. The van der Waals surface area contributed by atoms with Gasteiger partial charge in [-0.2, -0.15) is 0 Å². The number of hydrogen-bond acceptors (Lipinski definition) is 2. The van der Waals surface area contributed by atoms with Crippen LogP contribution in [0, 0.1) is 12.8 Å². The Hall–Kier alpha value is -1.84. The molecule has 1 aliphatic carbocycles. The number of fused-ring (bicyclic) bond motifs is 3. The molecule has 0 aliphatic heterocycles. The monoisotopic (exact) mass is 299 g/mol. The largest absolute Gasteiger partial charge is 0.346 e. The Balaban J connectivity index is 1.81. The molecule has 0 aromatic carbocycles. The molecule has 2 heterocycles. The van der Waals surface area contributed by atoms with Crippen molar-refractivity contribution in [3.8, 4) is 0 Å². The maximum atomic E-state index is 12.6. The van der Waals surface area contributed by atoms with Gasteiger partial charge in [0, 0.05) is 37.8 Å². The molecule has 0 spiro atoms. The van der Waals surface area contributed by atoms with Crippen molar-refractivity contribution < 1.29 is 4.79 Å². The van der Waals surface area contributed by atoms with Gasteiger partial charge in [-0.25, -0.2) is 4.98 Å². The van der Waals surface area contributed by atoms with E-state index in [1.165, 1.54) is 17.0 Å². The van der Waals surface area contributed by atoms with Gasteiger partial charge in [-0.05, 0) is 43.9 Å².